The summed E-state index contributed by atoms with van der Waals surface area (Å²) in [7, 11) is 0. The van der Waals surface area contributed by atoms with Crippen molar-refractivity contribution in [2.24, 2.45) is 5.92 Å². The predicted octanol–water partition coefficient (Wildman–Crippen LogP) is 13.3. The molecule has 0 heterocycles. The van der Waals surface area contributed by atoms with Gasteiger partial charge in [-0.2, -0.15) is 0 Å². The third kappa shape index (κ3) is 5.76. The molecule has 1 unspecified atom stereocenters. The first kappa shape index (κ1) is 29.5. The second-order valence-electron chi connectivity index (χ2n) is 12.6. The second-order valence-corrected chi connectivity index (χ2v) is 12.6. The second kappa shape index (κ2) is 13.1. The zero-order valence-electron chi connectivity index (χ0n) is 27.1. The molecular weight excluding hydrogens is 579 g/mol. The molecule has 1 nitrogen and oxygen atoms in total. The van der Waals surface area contributed by atoms with Gasteiger partial charge in [0.25, 0.3) is 0 Å². The lowest BCUT2D eigenvalue weighted by molar-refractivity contribution is 0.740. The molecule has 0 aliphatic heterocycles. The highest BCUT2D eigenvalue weighted by Gasteiger charge is 2.18. The number of hydrogen-bond donors (Lipinski definition) is 0. The van der Waals surface area contributed by atoms with E-state index in [1.54, 1.807) is 0 Å². The van der Waals surface area contributed by atoms with Crippen LogP contribution < -0.4 is 4.90 Å². The van der Waals surface area contributed by atoms with Gasteiger partial charge in [-0.15, -0.1) is 0 Å². The summed E-state index contributed by atoms with van der Waals surface area (Å²) in [6, 6.07) is 56.7. The lowest BCUT2D eigenvalue weighted by Crippen LogP contribution is -2.09. The summed E-state index contributed by atoms with van der Waals surface area (Å²) in [5.74, 6) is 0.541. The van der Waals surface area contributed by atoms with E-state index in [-0.39, 0.29) is 0 Å². The highest BCUT2D eigenvalue weighted by atomic mass is 15.1. The number of para-hydroxylation sites is 2. The summed E-state index contributed by atoms with van der Waals surface area (Å²) in [4.78, 5) is 2.29. The van der Waals surface area contributed by atoms with Crippen LogP contribution in [0.5, 0.6) is 0 Å². The molecule has 0 aromatic heterocycles. The lowest BCUT2D eigenvalue weighted by Gasteiger charge is -2.25. The van der Waals surface area contributed by atoms with Gasteiger partial charge < -0.3 is 4.90 Å². The summed E-state index contributed by atoms with van der Waals surface area (Å²) in [5.41, 5.74) is 10.9. The first-order valence-corrected chi connectivity index (χ1v) is 16.8. The molecule has 0 radical (unpaired) electrons. The van der Waals surface area contributed by atoms with Crippen LogP contribution in [0.25, 0.3) is 50.4 Å². The molecule has 0 saturated carbocycles. The summed E-state index contributed by atoms with van der Waals surface area (Å²) in [6.45, 7) is 2.30. The molecular formula is C47H37N. The van der Waals surface area contributed by atoms with Gasteiger partial charge in [0.15, 0.2) is 0 Å². The number of anilines is 3. The lowest BCUT2D eigenvalue weighted by atomic mass is 9.83. The predicted molar refractivity (Wildman–Crippen MR) is 208 cm³/mol. The standard InChI is InChI=1S/C47H37N/c1-34-13-12-14-38(33-34)47-44-21-10-8-19-42(44)46(43-20-9-11-22-45(43)47)37-29-25-35(26-30-37)23-24-36-27-31-41(32-28-36)48(39-15-4-2-5-16-39)40-17-6-3-7-18-40/h2-12,14-34H,13H2,1H3. The molecule has 0 fully saturated rings. The van der Waals surface area contributed by atoms with Gasteiger partial charge in [-0.1, -0.05) is 159 Å². The van der Waals surface area contributed by atoms with Gasteiger partial charge in [0, 0.05) is 17.1 Å². The van der Waals surface area contributed by atoms with Crippen molar-refractivity contribution in [2.75, 3.05) is 4.90 Å². The molecule has 0 spiro atoms. The number of benzene rings is 7. The molecule has 0 amide bonds. The minimum Gasteiger partial charge on any atom is -0.311 e. The van der Waals surface area contributed by atoms with Gasteiger partial charge in [-0.3, -0.25) is 0 Å². The van der Waals surface area contributed by atoms with E-state index in [1.807, 2.05) is 0 Å². The van der Waals surface area contributed by atoms with Crippen molar-refractivity contribution in [3.63, 3.8) is 0 Å². The monoisotopic (exact) mass is 615 g/mol. The SMILES string of the molecule is CC1C=C(c2c3ccccc3c(-c3ccc(C=Cc4ccc(N(c5ccccc5)c5ccccc5)cc4)cc3)c3ccccc23)C=CC1. The fraction of sp³-hybridized carbons (Fsp3) is 0.0638. The maximum absolute atomic E-state index is 2.44. The van der Waals surface area contributed by atoms with Crippen LogP contribution in [0.3, 0.4) is 0 Å². The number of nitrogens with zero attached hydrogens (tertiary/aromatic N) is 1. The van der Waals surface area contributed by atoms with Crippen LogP contribution in [0.1, 0.15) is 30.0 Å². The fourth-order valence-electron chi connectivity index (χ4n) is 7.05. The van der Waals surface area contributed by atoms with E-state index in [1.165, 1.54) is 49.4 Å². The van der Waals surface area contributed by atoms with Crippen molar-refractivity contribution >= 4 is 56.3 Å². The normalized spacial score (nSPS) is 14.4. The Hall–Kier alpha value is -5.92. The number of rotatable bonds is 7. The van der Waals surface area contributed by atoms with Crippen LogP contribution in [0.4, 0.5) is 17.1 Å². The largest absolute Gasteiger partial charge is 0.311 e. The van der Waals surface area contributed by atoms with Gasteiger partial charge in [-0.05, 0) is 104 Å². The molecule has 1 heteroatoms. The average molecular weight is 616 g/mol. The van der Waals surface area contributed by atoms with E-state index in [0.29, 0.717) is 5.92 Å². The highest BCUT2D eigenvalue weighted by Crippen LogP contribution is 2.43. The van der Waals surface area contributed by atoms with E-state index in [9.17, 15) is 0 Å². The summed E-state index contributed by atoms with van der Waals surface area (Å²) in [5, 5.41) is 5.20. The Morgan fingerprint density at radius 2 is 0.917 bits per heavy atom. The molecule has 230 valence electrons. The summed E-state index contributed by atoms with van der Waals surface area (Å²) >= 11 is 0. The smallest absolute Gasteiger partial charge is 0.0462 e. The average Bonchev–Trinajstić information content (AvgIpc) is 3.15. The van der Waals surface area contributed by atoms with Crippen molar-refractivity contribution in [3.05, 3.63) is 193 Å². The van der Waals surface area contributed by atoms with Crippen molar-refractivity contribution in [3.8, 4) is 11.1 Å². The molecule has 1 aliphatic carbocycles. The minimum atomic E-state index is 0.541. The van der Waals surface area contributed by atoms with Gasteiger partial charge in [0.1, 0.15) is 0 Å². The zero-order chi connectivity index (χ0) is 32.3. The molecule has 7 aromatic rings. The Morgan fingerprint density at radius 1 is 0.479 bits per heavy atom. The quantitative estimate of drug-likeness (QED) is 0.127. The molecule has 0 bridgehead atoms. The maximum Gasteiger partial charge on any atom is 0.0462 e. The number of allylic oxidation sites excluding steroid dienone is 4. The molecule has 8 rings (SSSR count). The van der Waals surface area contributed by atoms with Crippen molar-refractivity contribution in [2.45, 2.75) is 13.3 Å². The Kier molecular flexibility index (Phi) is 8.02. The number of hydrogen-bond acceptors (Lipinski definition) is 1. The van der Waals surface area contributed by atoms with Crippen LogP contribution in [0.2, 0.25) is 0 Å². The fourth-order valence-corrected chi connectivity index (χ4v) is 7.05. The molecule has 0 saturated heterocycles. The highest BCUT2D eigenvalue weighted by molar-refractivity contribution is 6.19. The molecule has 0 N–H and O–H groups in total. The Morgan fingerprint density at radius 3 is 1.42 bits per heavy atom. The topological polar surface area (TPSA) is 3.24 Å². The van der Waals surface area contributed by atoms with E-state index in [0.717, 1.165) is 29.0 Å². The van der Waals surface area contributed by atoms with E-state index in [2.05, 4.69) is 200 Å². The molecule has 1 aliphatic rings. The Labute approximate surface area is 283 Å². The van der Waals surface area contributed by atoms with Crippen molar-refractivity contribution < 1.29 is 0 Å². The Bertz CT molecular complexity index is 2190. The van der Waals surface area contributed by atoms with Crippen LogP contribution in [-0.4, -0.2) is 0 Å². The maximum atomic E-state index is 2.44. The third-order valence-electron chi connectivity index (χ3n) is 9.34. The summed E-state index contributed by atoms with van der Waals surface area (Å²) < 4.78 is 0. The molecule has 1 atom stereocenters. The van der Waals surface area contributed by atoms with Crippen LogP contribution in [0.15, 0.2) is 176 Å². The molecule has 48 heavy (non-hydrogen) atoms. The van der Waals surface area contributed by atoms with Crippen LogP contribution >= 0.6 is 0 Å². The first-order chi connectivity index (χ1) is 23.7. The number of fused-ring (bicyclic) bond motifs is 2. The Balaban J connectivity index is 1.11. The van der Waals surface area contributed by atoms with E-state index < -0.39 is 0 Å². The van der Waals surface area contributed by atoms with Gasteiger partial charge >= 0.3 is 0 Å². The van der Waals surface area contributed by atoms with Crippen LogP contribution in [0, 0.1) is 5.92 Å². The first-order valence-electron chi connectivity index (χ1n) is 16.8. The van der Waals surface area contributed by atoms with Gasteiger partial charge in [-0.25, -0.2) is 0 Å². The van der Waals surface area contributed by atoms with E-state index >= 15 is 0 Å². The van der Waals surface area contributed by atoms with E-state index in [4.69, 9.17) is 0 Å². The van der Waals surface area contributed by atoms with Gasteiger partial charge in [0.2, 0.25) is 0 Å². The zero-order valence-corrected chi connectivity index (χ0v) is 27.1. The minimum absolute atomic E-state index is 0.541. The van der Waals surface area contributed by atoms with Crippen LogP contribution in [-0.2, 0) is 0 Å². The van der Waals surface area contributed by atoms with Gasteiger partial charge in [0.05, 0.1) is 0 Å². The molecule has 7 aromatic carbocycles. The van der Waals surface area contributed by atoms with Crippen molar-refractivity contribution in [1.82, 2.24) is 0 Å². The third-order valence-corrected chi connectivity index (χ3v) is 9.34. The summed E-state index contributed by atoms with van der Waals surface area (Å²) in [6.07, 6.45) is 12.6. The van der Waals surface area contributed by atoms with Crippen molar-refractivity contribution in [1.29, 1.82) is 0 Å².